The number of halogens is 2. The molecule has 11 heteroatoms. The van der Waals surface area contributed by atoms with Gasteiger partial charge in [0.2, 0.25) is 0 Å². The predicted molar refractivity (Wildman–Crippen MR) is 157 cm³/mol. The summed E-state index contributed by atoms with van der Waals surface area (Å²) in [5, 5.41) is 11.0. The molecule has 2 aromatic carbocycles. The third kappa shape index (κ3) is 5.12. The van der Waals surface area contributed by atoms with E-state index in [0.29, 0.717) is 44.8 Å². The van der Waals surface area contributed by atoms with Crippen LogP contribution in [0.2, 0.25) is 10.0 Å². The first-order valence-electron chi connectivity index (χ1n) is 13.1. The molecular weight excluding hydrogens is 565 g/mol. The summed E-state index contributed by atoms with van der Waals surface area (Å²) >= 11 is 12.7. The Balaban J connectivity index is 1.47. The van der Waals surface area contributed by atoms with E-state index in [-0.39, 0.29) is 29.9 Å². The average molecular weight is 590 g/mol. The van der Waals surface area contributed by atoms with Gasteiger partial charge in [0, 0.05) is 41.5 Å². The summed E-state index contributed by atoms with van der Waals surface area (Å²) in [6, 6.07) is 17.4. The molecule has 6 rings (SSSR count). The van der Waals surface area contributed by atoms with Gasteiger partial charge >= 0.3 is 5.69 Å². The van der Waals surface area contributed by atoms with E-state index in [9.17, 15) is 19.5 Å². The van der Waals surface area contributed by atoms with Gasteiger partial charge in [0.1, 0.15) is 5.82 Å². The Morgan fingerprint density at radius 1 is 1.02 bits per heavy atom. The van der Waals surface area contributed by atoms with Crippen LogP contribution in [0, 0.1) is 0 Å². The SMILES string of the molecule is Cn1c(=O)c2c(nc(-c3ccccc3Cl)n2-c2ccc(Cl)cc2)n(Cc2ccc(C(=O)CCC3(O)CC3)cn2)c1=O. The van der Waals surface area contributed by atoms with Crippen molar-refractivity contribution in [1.82, 2.24) is 23.7 Å². The van der Waals surface area contributed by atoms with Gasteiger partial charge in [0.15, 0.2) is 16.9 Å². The molecule has 0 amide bonds. The van der Waals surface area contributed by atoms with Crippen molar-refractivity contribution in [2.24, 2.45) is 7.05 Å². The number of benzene rings is 2. The molecular formula is C30H25Cl2N5O4. The molecule has 5 aromatic rings. The second-order valence-electron chi connectivity index (χ2n) is 10.3. The molecule has 0 atom stereocenters. The van der Waals surface area contributed by atoms with Gasteiger partial charge in [0.05, 0.1) is 22.9 Å². The summed E-state index contributed by atoms with van der Waals surface area (Å²) < 4.78 is 4.09. The molecule has 3 heterocycles. The van der Waals surface area contributed by atoms with Crippen molar-refractivity contribution in [3.63, 3.8) is 0 Å². The molecule has 1 saturated carbocycles. The smallest absolute Gasteiger partial charge is 0.332 e. The van der Waals surface area contributed by atoms with E-state index < -0.39 is 16.9 Å². The first kappa shape index (κ1) is 27.1. The van der Waals surface area contributed by atoms with Crippen LogP contribution in [0.4, 0.5) is 0 Å². The minimum atomic E-state index is -0.697. The standard InChI is InChI=1S/C30H25Cl2N5O4/c1-35-28(39)25-27(34-26(22-4-2-3-5-23(22)32)37(25)21-10-7-19(31)8-11-21)36(29(35)40)17-20-9-6-18(16-33-20)24(38)12-13-30(41)14-15-30/h2-11,16,41H,12-15,17H2,1H3. The fraction of sp³-hybridized carbons (Fsp3) is 0.233. The Hall–Kier alpha value is -4.05. The van der Waals surface area contributed by atoms with Gasteiger partial charge < -0.3 is 5.11 Å². The van der Waals surface area contributed by atoms with Crippen LogP contribution in [-0.2, 0) is 13.6 Å². The molecule has 1 N–H and O–H groups in total. The lowest BCUT2D eigenvalue weighted by molar-refractivity contribution is 0.0914. The van der Waals surface area contributed by atoms with Crippen LogP contribution in [0.25, 0.3) is 28.2 Å². The molecule has 0 unspecified atom stereocenters. The number of imidazole rings is 1. The molecule has 208 valence electrons. The minimum absolute atomic E-state index is 0.0112. The first-order chi connectivity index (χ1) is 19.6. The molecule has 1 fully saturated rings. The van der Waals surface area contributed by atoms with Gasteiger partial charge in [-0.1, -0.05) is 35.3 Å². The van der Waals surface area contributed by atoms with E-state index in [4.69, 9.17) is 28.2 Å². The van der Waals surface area contributed by atoms with Crippen LogP contribution in [0.15, 0.2) is 76.4 Å². The van der Waals surface area contributed by atoms with Crippen LogP contribution < -0.4 is 11.2 Å². The summed E-state index contributed by atoms with van der Waals surface area (Å²) in [6.45, 7) is 0.0112. The molecule has 3 aromatic heterocycles. The predicted octanol–water partition coefficient (Wildman–Crippen LogP) is 4.79. The van der Waals surface area contributed by atoms with Crippen molar-refractivity contribution < 1.29 is 9.90 Å². The number of Topliss-reactive ketones (excluding diaryl/α,β-unsaturated/α-hetero) is 1. The quantitative estimate of drug-likeness (QED) is 0.260. The highest BCUT2D eigenvalue weighted by Gasteiger charge is 2.40. The van der Waals surface area contributed by atoms with Crippen LogP contribution in [-0.4, -0.2) is 40.2 Å². The molecule has 0 bridgehead atoms. The maximum absolute atomic E-state index is 13.6. The Bertz CT molecular complexity index is 1920. The van der Waals surface area contributed by atoms with E-state index in [2.05, 4.69) is 4.98 Å². The van der Waals surface area contributed by atoms with Gasteiger partial charge in [-0.3, -0.25) is 28.3 Å². The summed E-state index contributed by atoms with van der Waals surface area (Å²) in [7, 11) is 1.41. The maximum Gasteiger partial charge on any atom is 0.332 e. The van der Waals surface area contributed by atoms with Crippen molar-refractivity contribution in [2.45, 2.75) is 37.8 Å². The fourth-order valence-electron chi connectivity index (χ4n) is 4.84. The van der Waals surface area contributed by atoms with Crippen LogP contribution in [0.3, 0.4) is 0 Å². The zero-order valence-corrected chi connectivity index (χ0v) is 23.6. The van der Waals surface area contributed by atoms with Crippen LogP contribution >= 0.6 is 23.2 Å². The van der Waals surface area contributed by atoms with Gasteiger partial charge in [0.25, 0.3) is 5.56 Å². The van der Waals surface area contributed by atoms with E-state index >= 15 is 0 Å². The van der Waals surface area contributed by atoms with E-state index in [1.54, 1.807) is 59.2 Å². The number of nitrogens with zero attached hydrogens (tertiary/aromatic N) is 5. The number of aliphatic hydroxyl groups is 1. The minimum Gasteiger partial charge on any atom is -0.390 e. The second-order valence-corrected chi connectivity index (χ2v) is 11.2. The van der Waals surface area contributed by atoms with Gasteiger partial charge in [-0.2, -0.15) is 0 Å². The molecule has 41 heavy (non-hydrogen) atoms. The summed E-state index contributed by atoms with van der Waals surface area (Å²) in [4.78, 5) is 48.8. The Morgan fingerprint density at radius 2 is 1.76 bits per heavy atom. The van der Waals surface area contributed by atoms with Crippen molar-refractivity contribution in [3.05, 3.63) is 109 Å². The molecule has 0 radical (unpaired) electrons. The molecule has 1 aliphatic carbocycles. The van der Waals surface area contributed by atoms with E-state index in [1.165, 1.54) is 17.8 Å². The van der Waals surface area contributed by atoms with Gasteiger partial charge in [-0.15, -0.1) is 0 Å². The number of rotatable bonds is 8. The number of carbonyl (C=O) groups excluding carboxylic acids is 1. The van der Waals surface area contributed by atoms with E-state index in [0.717, 1.165) is 17.4 Å². The zero-order chi connectivity index (χ0) is 28.9. The normalized spacial score (nSPS) is 14.0. The topological polar surface area (TPSA) is 112 Å². The second kappa shape index (κ2) is 10.4. The maximum atomic E-state index is 13.6. The lowest BCUT2D eigenvalue weighted by Gasteiger charge is -2.12. The van der Waals surface area contributed by atoms with Gasteiger partial charge in [-0.25, -0.2) is 9.78 Å². The third-order valence-corrected chi connectivity index (χ3v) is 8.03. The largest absolute Gasteiger partial charge is 0.390 e. The number of carbonyl (C=O) groups is 1. The molecule has 0 aliphatic heterocycles. The van der Waals surface area contributed by atoms with Crippen molar-refractivity contribution in [2.75, 3.05) is 0 Å². The number of aromatic nitrogens is 5. The molecule has 1 aliphatic rings. The first-order valence-corrected chi connectivity index (χ1v) is 13.8. The number of pyridine rings is 1. The molecule has 0 spiro atoms. The highest BCUT2D eigenvalue weighted by Crippen LogP contribution is 2.39. The third-order valence-electron chi connectivity index (χ3n) is 7.45. The lowest BCUT2D eigenvalue weighted by Crippen LogP contribution is -2.39. The monoisotopic (exact) mass is 589 g/mol. The van der Waals surface area contributed by atoms with Crippen molar-refractivity contribution >= 4 is 40.1 Å². The molecule has 0 saturated heterocycles. The molecule has 9 nitrogen and oxygen atoms in total. The van der Waals surface area contributed by atoms with E-state index in [1.807, 2.05) is 6.07 Å². The highest BCUT2D eigenvalue weighted by atomic mass is 35.5. The van der Waals surface area contributed by atoms with Crippen LogP contribution in [0.5, 0.6) is 0 Å². The fourth-order valence-corrected chi connectivity index (χ4v) is 5.19. The Labute approximate surface area is 244 Å². The lowest BCUT2D eigenvalue weighted by atomic mass is 10.0. The number of fused-ring (bicyclic) bond motifs is 1. The summed E-state index contributed by atoms with van der Waals surface area (Å²) in [6.07, 6.45) is 3.60. The zero-order valence-electron chi connectivity index (χ0n) is 22.1. The summed E-state index contributed by atoms with van der Waals surface area (Å²) in [5.41, 5.74) is 0.716. The van der Waals surface area contributed by atoms with Gasteiger partial charge in [-0.05, 0) is 67.8 Å². The van der Waals surface area contributed by atoms with Crippen molar-refractivity contribution in [1.29, 1.82) is 0 Å². The van der Waals surface area contributed by atoms with Crippen LogP contribution in [0.1, 0.15) is 41.7 Å². The number of hydrogen-bond donors (Lipinski definition) is 1. The van der Waals surface area contributed by atoms with Crippen molar-refractivity contribution in [3.8, 4) is 17.1 Å². The Kier molecular flexibility index (Phi) is 6.89. The Morgan fingerprint density at radius 3 is 2.41 bits per heavy atom. The number of hydrogen-bond acceptors (Lipinski definition) is 6. The number of ketones is 1. The summed E-state index contributed by atoms with van der Waals surface area (Å²) in [5.74, 6) is 0.285. The average Bonchev–Trinajstić information content (AvgIpc) is 3.59. The highest BCUT2D eigenvalue weighted by molar-refractivity contribution is 6.33.